The third-order valence-corrected chi connectivity index (χ3v) is 5.30. The third kappa shape index (κ3) is 4.16. The fourth-order valence-corrected chi connectivity index (χ4v) is 3.80. The van der Waals surface area contributed by atoms with Gasteiger partial charge in [0.1, 0.15) is 11.6 Å². The van der Waals surface area contributed by atoms with Crippen LogP contribution in [0, 0.1) is 11.6 Å². The number of benzene rings is 2. The van der Waals surface area contributed by atoms with Crippen LogP contribution in [0.4, 0.5) is 14.5 Å². The minimum atomic E-state index is -4.22. The fraction of sp³-hybridized carbons (Fsp3) is 0.0526. The molecule has 0 aliphatic carbocycles. The quantitative estimate of drug-likeness (QED) is 0.509. The SMILES string of the molecule is O=S(=O)(Nc1ccccc1Cc1nc(-c2ccco2)no1)c1cc(F)cc(F)c1. The van der Waals surface area contributed by atoms with Crippen molar-refractivity contribution in [3.8, 4) is 11.6 Å². The van der Waals surface area contributed by atoms with Crippen molar-refractivity contribution in [2.75, 3.05) is 4.72 Å². The number of para-hydroxylation sites is 1. The van der Waals surface area contributed by atoms with E-state index in [9.17, 15) is 17.2 Å². The number of nitrogens with one attached hydrogen (secondary N) is 1. The van der Waals surface area contributed by atoms with Crippen LogP contribution < -0.4 is 4.72 Å². The molecule has 4 rings (SSSR count). The van der Waals surface area contributed by atoms with Gasteiger partial charge in [-0.3, -0.25) is 4.72 Å². The number of halogens is 2. The molecule has 7 nitrogen and oxygen atoms in total. The second kappa shape index (κ2) is 7.47. The van der Waals surface area contributed by atoms with E-state index in [-0.39, 0.29) is 23.8 Å². The zero-order valence-electron chi connectivity index (χ0n) is 14.7. The van der Waals surface area contributed by atoms with Gasteiger partial charge >= 0.3 is 0 Å². The van der Waals surface area contributed by atoms with Gasteiger partial charge in [-0.25, -0.2) is 17.2 Å². The molecule has 0 spiro atoms. The number of furan rings is 1. The lowest BCUT2D eigenvalue weighted by Gasteiger charge is -2.12. The Hall–Kier alpha value is -3.53. The Morgan fingerprint density at radius 3 is 2.48 bits per heavy atom. The second-order valence-electron chi connectivity index (χ2n) is 6.03. The van der Waals surface area contributed by atoms with E-state index in [2.05, 4.69) is 14.9 Å². The summed E-state index contributed by atoms with van der Waals surface area (Å²) in [6, 6.07) is 11.9. The predicted molar refractivity (Wildman–Crippen MR) is 98.4 cm³/mol. The highest BCUT2D eigenvalue weighted by Crippen LogP contribution is 2.24. The number of aromatic nitrogens is 2. The van der Waals surface area contributed by atoms with E-state index in [1.807, 2.05) is 0 Å². The van der Waals surface area contributed by atoms with Crippen LogP contribution in [-0.4, -0.2) is 18.6 Å². The van der Waals surface area contributed by atoms with Gasteiger partial charge in [-0.15, -0.1) is 0 Å². The summed E-state index contributed by atoms with van der Waals surface area (Å²) in [4.78, 5) is 3.69. The number of nitrogens with zero attached hydrogens (tertiary/aromatic N) is 2. The summed E-state index contributed by atoms with van der Waals surface area (Å²) in [7, 11) is -4.22. The van der Waals surface area contributed by atoms with Crippen molar-refractivity contribution < 1.29 is 26.1 Å². The summed E-state index contributed by atoms with van der Waals surface area (Å²) < 4.78 is 64.7. The molecule has 0 saturated carbocycles. The molecule has 2 aromatic heterocycles. The van der Waals surface area contributed by atoms with E-state index in [0.29, 0.717) is 17.4 Å². The average Bonchev–Trinajstić information content (AvgIpc) is 3.34. The van der Waals surface area contributed by atoms with Crippen molar-refractivity contribution in [2.45, 2.75) is 11.3 Å². The molecule has 2 aromatic carbocycles. The second-order valence-corrected chi connectivity index (χ2v) is 7.72. The van der Waals surface area contributed by atoms with Crippen LogP contribution in [0.3, 0.4) is 0 Å². The molecule has 0 radical (unpaired) electrons. The van der Waals surface area contributed by atoms with Crippen LogP contribution in [0.15, 0.2) is 74.7 Å². The van der Waals surface area contributed by atoms with Crippen LogP contribution in [0.2, 0.25) is 0 Å². The van der Waals surface area contributed by atoms with E-state index >= 15 is 0 Å². The first-order valence-corrected chi connectivity index (χ1v) is 9.82. The summed E-state index contributed by atoms with van der Waals surface area (Å²) in [6.07, 6.45) is 1.61. The zero-order chi connectivity index (χ0) is 20.4. The highest BCUT2D eigenvalue weighted by Gasteiger charge is 2.19. The Kier molecular flexibility index (Phi) is 4.85. The van der Waals surface area contributed by atoms with Crippen molar-refractivity contribution in [3.63, 3.8) is 0 Å². The van der Waals surface area contributed by atoms with Crippen LogP contribution >= 0.6 is 0 Å². The van der Waals surface area contributed by atoms with Crippen LogP contribution in [-0.2, 0) is 16.4 Å². The smallest absolute Gasteiger partial charge is 0.262 e. The lowest BCUT2D eigenvalue weighted by Crippen LogP contribution is -2.15. The average molecular weight is 417 g/mol. The molecule has 0 amide bonds. The molecule has 29 heavy (non-hydrogen) atoms. The standard InChI is InChI=1S/C19H13F2N3O4S/c20-13-9-14(21)11-15(10-13)29(25,26)24-16-5-2-1-4-12(16)8-18-22-19(23-28-18)17-6-3-7-27-17/h1-7,9-11,24H,8H2. The number of sulfonamides is 1. The van der Waals surface area contributed by atoms with Gasteiger partial charge < -0.3 is 8.94 Å². The van der Waals surface area contributed by atoms with E-state index in [0.717, 1.165) is 12.1 Å². The van der Waals surface area contributed by atoms with E-state index in [1.54, 1.807) is 30.3 Å². The van der Waals surface area contributed by atoms with E-state index in [1.165, 1.54) is 12.3 Å². The Morgan fingerprint density at radius 2 is 1.76 bits per heavy atom. The largest absolute Gasteiger partial charge is 0.461 e. The number of hydrogen-bond acceptors (Lipinski definition) is 6. The van der Waals surface area contributed by atoms with Gasteiger partial charge in [0.2, 0.25) is 11.7 Å². The molecule has 4 aromatic rings. The third-order valence-electron chi connectivity index (χ3n) is 3.96. The first-order valence-electron chi connectivity index (χ1n) is 8.34. The molecule has 148 valence electrons. The molecular weight excluding hydrogens is 404 g/mol. The zero-order valence-corrected chi connectivity index (χ0v) is 15.5. The Morgan fingerprint density at radius 1 is 1.00 bits per heavy atom. The maximum Gasteiger partial charge on any atom is 0.262 e. The van der Waals surface area contributed by atoms with Gasteiger partial charge in [0.05, 0.1) is 23.3 Å². The Bertz CT molecular complexity index is 1230. The summed E-state index contributed by atoms with van der Waals surface area (Å²) >= 11 is 0. The molecule has 0 saturated heterocycles. The summed E-state index contributed by atoms with van der Waals surface area (Å²) in [5.41, 5.74) is 0.748. The molecule has 0 bridgehead atoms. The van der Waals surface area contributed by atoms with Crippen molar-refractivity contribution in [2.24, 2.45) is 0 Å². The summed E-state index contributed by atoms with van der Waals surface area (Å²) in [5.74, 6) is -1.05. The number of hydrogen-bond donors (Lipinski definition) is 1. The van der Waals surface area contributed by atoms with Gasteiger partial charge in [-0.05, 0) is 35.9 Å². The minimum absolute atomic E-state index is 0.129. The van der Waals surface area contributed by atoms with Crippen LogP contribution in [0.25, 0.3) is 11.6 Å². The van der Waals surface area contributed by atoms with Crippen molar-refractivity contribution in [3.05, 3.63) is 83.9 Å². The van der Waals surface area contributed by atoms with Crippen molar-refractivity contribution in [1.29, 1.82) is 0 Å². The fourth-order valence-electron chi connectivity index (χ4n) is 2.66. The topological polar surface area (TPSA) is 98.2 Å². The van der Waals surface area contributed by atoms with Gasteiger partial charge in [-0.2, -0.15) is 4.98 Å². The molecule has 0 atom stereocenters. The normalized spacial score (nSPS) is 11.5. The highest BCUT2D eigenvalue weighted by molar-refractivity contribution is 7.92. The Balaban J connectivity index is 1.60. The molecule has 10 heteroatoms. The maximum atomic E-state index is 13.4. The minimum Gasteiger partial charge on any atom is -0.461 e. The van der Waals surface area contributed by atoms with Crippen LogP contribution in [0.1, 0.15) is 11.5 Å². The van der Waals surface area contributed by atoms with Crippen molar-refractivity contribution in [1.82, 2.24) is 10.1 Å². The first kappa shape index (κ1) is 18.8. The molecule has 0 aliphatic rings. The monoisotopic (exact) mass is 417 g/mol. The van der Waals surface area contributed by atoms with E-state index in [4.69, 9.17) is 8.94 Å². The summed E-state index contributed by atoms with van der Waals surface area (Å²) in [6.45, 7) is 0. The molecule has 0 unspecified atom stereocenters. The lowest BCUT2D eigenvalue weighted by molar-refractivity contribution is 0.384. The molecule has 0 fully saturated rings. The van der Waals surface area contributed by atoms with Gasteiger partial charge in [0.15, 0.2) is 5.76 Å². The molecular formula is C19H13F2N3O4S. The molecule has 2 heterocycles. The maximum absolute atomic E-state index is 13.4. The lowest BCUT2D eigenvalue weighted by atomic mass is 10.1. The number of anilines is 1. The predicted octanol–water partition coefficient (Wildman–Crippen LogP) is 4.00. The van der Waals surface area contributed by atoms with Crippen LogP contribution in [0.5, 0.6) is 0 Å². The number of rotatable bonds is 6. The highest BCUT2D eigenvalue weighted by atomic mass is 32.2. The van der Waals surface area contributed by atoms with E-state index < -0.39 is 26.6 Å². The van der Waals surface area contributed by atoms with Gasteiger partial charge in [-0.1, -0.05) is 23.4 Å². The Labute approximate surface area is 164 Å². The van der Waals surface area contributed by atoms with Gasteiger partial charge in [0, 0.05) is 6.07 Å². The first-order chi connectivity index (χ1) is 13.9. The summed E-state index contributed by atoms with van der Waals surface area (Å²) in [5, 5.41) is 3.82. The molecule has 1 N–H and O–H groups in total. The molecule has 0 aliphatic heterocycles. The van der Waals surface area contributed by atoms with Gasteiger partial charge in [0.25, 0.3) is 10.0 Å². The van der Waals surface area contributed by atoms with Crippen molar-refractivity contribution >= 4 is 15.7 Å².